The van der Waals surface area contributed by atoms with E-state index in [0.717, 1.165) is 61.2 Å². The van der Waals surface area contributed by atoms with E-state index < -0.39 is 0 Å². The largest absolute Gasteiger partial charge is 0.509 e. The first-order valence-electron chi connectivity index (χ1n) is 16.1. The van der Waals surface area contributed by atoms with Crippen LogP contribution in [0.25, 0.3) is 49.6 Å². The van der Waals surface area contributed by atoms with Gasteiger partial charge in [-0.2, -0.15) is 18.8 Å². The van der Waals surface area contributed by atoms with E-state index in [4.69, 9.17) is 9.72 Å². The Hall–Kier alpha value is -5.13. The molecular weight excluding hydrogens is 788 g/mol. The number of hydrogen-bond acceptors (Lipinski definition) is 5. The molecule has 0 spiro atoms. The van der Waals surface area contributed by atoms with Crippen LogP contribution in [0.4, 0.5) is 17.1 Å². The monoisotopic (exact) mass is 820 g/mol. The van der Waals surface area contributed by atoms with E-state index >= 15 is 0 Å². The fourth-order valence-electron chi connectivity index (χ4n) is 7.07. The van der Waals surface area contributed by atoms with Gasteiger partial charge in [-0.1, -0.05) is 50.6 Å². The Morgan fingerprint density at radius 2 is 1.53 bits per heavy atom. The number of pyridine rings is 2. The van der Waals surface area contributed by atoms with E-state index in [2.05, 4.69) is 144 Å². The Kier molecular flexibility index (Phi) is 7.31. The summed E-state index contributed by atoms with van der Waals surface area (Å²) in [6.07, 6.45) is 3.74. The van der Waals surface area contributed by atoms with Crippen molar-refractivity contribution in [2.75, 3.05) is 16.8 Å². The molecule has 0 saturated carbocycles. The molecule has 8 aromatic rings. The van der Waals surface area contributed by atoms with Gasteiger partial charge in [0.15, 0.2) is 0 Å². The molecule has 1 aliphatic rings. The number of aryl methyl sites for hydroxylation is 1. The molecule has 4 aromatic heterocycles. The summed E-state index contributed by atoms with van der Waals surface area (Å²) < 4.78 is 10.8. The summed E-state index contributed by atoms with van der Waals surface area (Å²) in [5, 5.41) is 4.58. The molecule has 4 aromatic carbocycles. The van der Waals surface area contributed by atoms with E-state index in [1.54, 1.807) is 0 Å². The fourth-order valence-corrected chi connectivity index (χ4v) is 7.07. The summed E-state index contributed by atoms with van der Waals surface area (Å²) in [4.78, 5) is 13.8. The first-order chi connectivity index (χ1) is 23.3. The van der Waals surface area contributed by atoms with Crippen molar-refractivity contribution in [3.05, 3.63) is 128 Å². The van der Waals surface area contributed by atoms with E-state index in [1.165, 1.54) is 10.9 Å². The van der Waals surface area contributed by atoms with Gasteiger partial charge in [0.1, 0.15) is 11.5 Å². The number of rotatable bonds is 4. The Bertz CT molecular complexity index is 2560. The van der Waals surface area contributed by atoms with Gasteiger partial charge in [0.2, 0.25) is 0 Å². The van der Waals surface area contributed by atoms with Crippen LogP contribution in [-0.4, -0.2) is 26.1 Å². The van der Waals surface area contributed by atoms with Gasteiger partial charge in [-0.25, -0.2) is 9.97 Å². The molecule has 1 aliphatic heterocycles. The first kappa shape index (κ1) is 31.2. The molecule has 0 aliphatic carbocycles. The number of ether oxygens (including phenoxy) is 1. The third-order valence-electron chi connectivity index (χ3n) is 9.39. The minimum atomic E-state index is -0.00441. The zero-order valence-corrected chi connectivity index (χ0v) is 30.1. The van der Waals surface area contributed by atoms with Gasteiger partial charge in [0.25, 0.3) is 0 Å². The van der Waals surface area contributed by atoms with Crippen molar-refractivity contribution in [2.45, 2.75) is 26.2 Å². The Morgan fingerprint density at radius 1 is 0.735 bits per heavy atom. The second kappa shape index (κ2) is 11.5. The Labute approximate surface area is 299 Å². The predicted molar refractivity (Wildman–Crippen MR) is 195 cm³/mol. The van der Waals surface area contributed by atoms with Crippen LogP contribution in [0.1, 0.15) is 26.3 Å². The van der Waals surface area contributed by atoms with Crippen molar-refractivity contribution in [1.82, 2.24) is 19.1 Å². The van der Waals surface area contributed by atoms with Crippen molar-refractivity contribution in [3.63, 3.8) is 0 Å². The van der Waals surface area contributed by atoms with Crippen molar-refractivity contribution in [2.24, 2.45) is 7.05 Å². The molecule has 0 amide bonds. The van der Waals surface area contributed by atoms with Crippen LogP contribution < -0.4 is 14.5 Å². The maximum Gasteiger partial charge on any atom is 0.140 e. The molecule has 0 fully saturated rings. The van der Waals surface area contributed by atoms with Crippen LogP contribution in [0, 0.1) is 18.8 Å². The number of nitrogens with zero attached hydrogens (tertiary/aromatic N) is 6. The normalized spacial score (nSPS) is 13.1. The van der Waals surface area contributed by atoms with Crippen molar-refractivity contribution >= 4 is 60.8 Å². The molecular formula is C41H33N6OPt-3. The molecule has 0 radical (unpaired) electrons. The summed E-state index contributed by atoms with van der Waals surface area (Å²) in [6.45, 7) is 8.76. The van der Waals surface area contributed by atoms with Crippen molar-refractivity contribution < 1.29 is 25.8 Å². The number of para-hydroxylation sites is 1. The van der Waals surface area contributed by atoms with Gasteiger partial charge in [0.05, 0.1) is 11.2 Å². The average Bonchev–Trinajstić information content (AvgIpc) is 3.71. The van der Waals surface area contributed by atoms with Crippen molar-refractivity contribution in [1.29, 1.82) is 0 Å². The standard InChI is InChI=1S/C41H33N6O.Pt/c1-41(2,3)26-19-21-42-37(22-26)47-34-14-7-6-12-30(34)31-16-15-29(24-36(31)47)48-28-11-8-10-27(23-28)46-25-44(4)39-35(46)18-17-32-33-13-9-20-43-40(33)45(5)38(32)39;/h6-22,25H,1-5H3;/q-3;. The summed E-state index contributed by atoms with van der Waals surface area (Å²) >= 11 is 0. The third kappa shape index (κ3) is 4.90. The van der Waals surface area contributed by atoms with E-state index in [-0.39, 0.29) is 26.5 Å². The van der Waals surface area contributed by atoms with Crippen LogP contribution in [0.15, 0.2) is 103 Å². The number of benzene rings is 4. The molecule has 0 N–H and O–H groups in total. The van der Waals surface area contributed by atoms with Crippen LogP contribution in [-0.2, 0) is 33.5 Å². The number of hydrogen-bond donors (Lipinski definition) is 0. The smallest absolute Gasteiger partial charge is 0.140 e. The molecule has 0 saturated heterocycles. The van der Waals surface area contributed by atoms with Gasteiger partial charge in [-0.15, -0.1) is 41.4 Å². The van der Waals surface area contributed by atoms with Gasteiger partial charge >= 0.3 is 0 Å². The Morgan fingerprint density at radius 3 is 2.39 bits per heavy atom. The molecule has 246 valence electrons. The topological polar surface area (TPSA) is 51.4 Å². The third-order valence-corrected chi connectivity index (χ3v) is 9.39. The Balaban J connectivity index is 0.00000348. The van der Waals surface area contributed by atoms with Gasteiger partial charge in [0, 0.05) is 74.0 Å². The zero-order chi connectivity index (χ0) is 32.7. The van der Waals surface area contributed by atoms with Crippen LogP contribution in [0.5, 0.6) is 11.5 Å². The van der Waals surface area contributed by atoms with E-state index in [1.807, 2.05) is 36.7 Å². The summed E-state index contributed by atoms with van der Waals surface area (Å²) in [5.74, 6) is 2.08. The summed E-state index contributed by atoms with van der Waals surface area (Å²) in [5.41, 5.74) is 8.42. The molecule has 8 heteroatoms. The first-order valence-corrected chi connectivity index (χ1v) is 16.1. The van der Waals surface area contributed by atoms with Gasteiger partial charge in [-0.3, -0.25) is 0 Å². The average molecular weight is 821 g/mol. The van der Waals surface area contributed by atoms with Gasteiger partial charge < -0.3 is 23.7 Å². The minimum absolute atomic E-state index is 0. The number of anilines is 3. The molecule has 0 bridgehead atoms. The van der Waals surface area contributed by atoms with Crippen LogP contribution in [0.3, 0.4) is 0 Å². The van der Waals surface area contributed by atoms with E-state index in [9.17, 15) is 0 Å². The molecule has 0 atom stereocenters. The predicted octanol–water partition coefficient (Wildman–Crippen LogP) is 9.61. The SMILES string of the molecule is CN1[CH-]N(c2[c-]c(Oc3[c-]c4c(cc3)c3ccccc3n4-c3cc(C(C)(C)C)ccn3)ccc2)c2ccc3c4cccnc4n(C)c3c21.[Pt]. The number of fused-ring (bicyclic) bond motifs is 8. The molecule has 9 rings (SSSR count). The van der Waals surface area contributed by atoms with Gasteiger partial charge in [-0.05, 0) is 59.8 Å². The van der Waals surface area contributed by atoms with E-state index in [0.29, 0.717) is 11.5 Å². The van der Waals surface area contributed by atoms with Crippen LogP contribution in [0.2, 0.25) is 0 Å². The molecule has 49 heavy (non-hydrogen) atoms. The summed E-state index contributed by atoms with van der Waals surface area (Å²) in [7, 11) is 4.16. The second-order valence-corrected chi connectivity index (χ2v) is 13.5. The molecule has 5 heterocycles. The summed E-state index contributed by atoms with van der Waals surface area (Å²) in [6, 6.07) is 38.4. The maximum absolute atomic E-state index is 6.48. The minimum Gasteiger partial charge on any atom is -0.509 e. The zero-order valence-electron chi connectivity index (χ0n) is 27.8. The maximum atomic E-state index is 6.48. The number of aromatic nitrogens is 4. The van der Waals surface area contributed by atoms with Crippen LogP contribution >= 0.6 is 0 Å². The quantitative estimate of drug-likeness (QED) is 0.166. The second-order valence-electron chi connectivity index (χ2n) is 13.5. The van der Waals surface area contributed by atoms with Crippen molar-refractivity contribution in [3.8, 4) is 17.3 Å². The molecule has 0 unspecified atom stereocenters. The molecule has 7 nitrogen and oxygen atoms in total. The fraction of sp³-hybridized carbons (Fsp3) is 0.146.